The summed E-state index contributed by atoms with van der Waals surface area (Å²) < 4.78 is 0. The zero-order chi connectivity index (χ0) is 21.6. The predicted octanol–water partition coefficient (Wildman–Crippen LogP) is 6.41. The maximum atomic E-state index is 12.0. The Morgan fingerprint density at radius 2 is 1.47 bits per heavy atom. The molecule has 0 amide bonds. The lowest BCUT2D eigenvalue weighted by atomic mass is 9.77. The van der Waals surface area contributed by atoms with Gasteiger partial charge in [-0.2, -0.15) is 0 Å². The number of carbonyl (C=O) groups excluding carboxylic acids is 2. The Morgan fingerprint density at radius 3 is 2.13 bits per heavy atom. The van der Waals surface area contributed by atoms with Crippen LogP contribution in [0.2, 0.25) is 0 Å². The van der Waals surface area contributed by atoms with Gasteiger partial charge in [0.1, 0.15) is 5.78 Å². The van der Waals surface area contributed by atoms with Crippen molar-refractivity contribution >= 4 is 17.1 Å². The molecule has 0 aliphatic heterocycles. The first-order chi connectivity index (χ1) is 14.0. The van der Waals surface area contributed by atoms with Gasteiger partial charge in [-0.05, 0) is 83.0 Å². The van der Waals surface area contributed by atoms with Gasteiger partial charge < -0.3 is 0 Å². The van der Waals surface area contributed by atoms with Crippen LogP contribution in [0.4, 0.5) is 0 Å². The molecule has 2 nitrogen and oxygen atoms in total. The van der Waals surface area contributed by atoms with E-state index in [0.29, 0.717) is 0 Å². The number of hydrogen-bond acceptors (Lipinski definition) is 2. The number of allylic oxidation sites excluding steroid dienone is 4. The summed E-state index contributed by atoms with van der Waals surface area (Å²) in [4.78, 5) is 24.0. The van der Waals surface area contributed by atoms with Crippen LogP contribution in [0.5, 0.6) is 0 Å². The topological polar surface area (TPSA) is 34.1 Å². The van der Waals surface area contributed by atoms with E-state index in [1.165, 1.54) is 44.5 Å². The van der Waals surface area contributed by atoms with Gasteiger partial charge in [0.2, 0.25) is 0 Å². The minimum atomic E-state index is -0.154. The lowest BCUT2D eigenvalue weighted by Gasteiger charge is -2.26. The average molecular weight is 397 g/mol. The first kappa shape index (κ1) is 19.2. The summed E-state index contributed by atoms with van der Waals surface area (Å²) in [7, 11) is 0. The van der Waals surface area contributed by atoms with E-state index in [-0.39, 0.29) is 28.3 Å². The highest BCUT2D eigenvalue weighted by Gasteiger charge is 2.44. The van der Waals surface area contributed by atoms with Crippen LogP contribution in [-0.4, -0.2) is 11.6 Å². The maximum absolute atomic E-state index is 12.0. The van der Waals surface area contributed by atoms with Crippen molar-refractivity contribution < 1.29 is 9.59 Å². The van der Waals surface area contributed by atoms with Crippen LogP contribution in [0.1, 0.15) is 80.6 Å². The van der Waals surface area contributed by atoms with E-state index < -0.39 is 0 Å². The van der Waals surface area contributed by atoms with Crippen molar-refractivity contribution in [1.82, 2.24) is 0 Å². The molecule has 0 radical (unpaired) electrons. The van der Waals surface area contributed by atoms with Gasteiger partial charge in [0.15, 0.2) is 5.78 Å². The van der Waals surface area contributed by atoms with Crippen molar-refractivity contribution in [2.45, 2.75) is 58.8 Å². The second-order valence-corrected chi connectivity index (χ2v) is 10.2. The second kappa shape index (κ2) is 5.91. The Kier molecular flexibility index (Phi) is 3.79. The number of fused-ring (bicyclic) bond motifs is 6. The third kappa shape index (κ3) is 2.37. The van der Waals surface area contributed by atoms with Crippen LogP contribution in [0.3, 0.4) is 0 Å². The molecule has 0 saturated carbocycles. The summed E-state index contributed by atoms with van der Waals surface area (Å²) in [5, 5.41) is 0. The molecule has 2 aromatic carbocycles. The van der Waals surface area contributed by atoms with Crippen molar-refractivity contribution in [3.63, 3.8) is 0 Å². The predicted molar refractivity (Wildman–Crippen MR) is 122 cm³/mol. The van der Waals surface area contributed by atoms with Crippen LogP contribution in [0.25, 0.3) is 16.7 Å². The van der Waals surface area contributed by atoms with Gasteiger partial charge in [-0.15, -0.1) is 0 Å². The Labute approximate surface area is 178 Å². The van der Waals surface area contributed by atoms with Gasteiger partial charge >= 0.3 is 0 Å². The molecule has 30 heavy (non-hydrogen) atoms. The molecule has 0 N–H and O–H groups in total. The SMILES string of the molecule is CC(=O)c1ccc2c(c1)C(C)(C)c1cc3c(cc1-2)C(C)(C)C1=CC(C(C)=O)CC=C13. The molecule has 3 aliphatic carbocycles. The normalized spacial score (nSPS) is 21.7. The molecule has 0 saturated heterocycles. The van der Waals surface area contributed by atoms with Crippen molar-refractivity contribution in [3.8, 4) is 11.1 Å². The molecule has 0 fully saturated rings. The lowest BCUT2D eigenvalue weighted by Crippen LogP contribution is -2.19. The van der Waals surface area contributed by atoms with E-state index in [4.69, 9.17) is 0 Å². The fourth-order valence-corrected chi connectivity index (χ4v) is 5.68. The van der Waals surface area contributed by atoms with Crippen LogP contribution in [0.15, 0.2) is 48.1 Å². The first-order valence-corrected chi connectivity index (χ1v) is 10.8. The third-order valence-electron chi connectivity index (χ3n) is 7.61. The number of Topliss-reactive ketones (excluding diaryl/α,β-unsaturated/α-hetero) is 2. The molecular weight excluding hydrogens is 368 g/mol. The molecule has 3 aliphatic rings. The zero-order valence-electron chi connectivity index (χ0n) is 18.6. The van der Waals surface area contributed by atoms with E-state index in [1.807, 2.05) is 6.07 Å². The number of benzene rings is 2. The minimum absolute atomic E-state index is 0.00801. The lowest BCUT2D eigenvalue weighted by molar-refractivity contribution is -0.119. The molecule has 0 heterocycles. The van der Waals surface area contributed by atoms with Crippen LogP contribution in [0, 0.1) is 5.92 Å². The number of rotatable bonds is 2. The zero-order valence-corrected chi connectivity index (χ0v) is 18.6. The summed E-state index contributed by atoms with van der Waals surface area (Å²) in [5.74, 6) is 0.338. The highest BCUT2D eigenvalue weighted by atomic mass is 16.1. The minimum Gasteiger partial charge on any atom is -0.299 e. The van der Waals surface area contributed by atoms with Crippen molar-refractivity contribution in [1.29, 1.82) is 0 Å². The van der Waals surface area contributed by atoms with Crippen LogP contribution >= 0.6 is 0 Å². The van der Waals surface area contributed by atoms with Gasteiger partial charge in [-0.1, -0.05) is 52.0 Å². The molecule has 0 bridgehead atoms. The largest absolute Gasteiger partial charge is 0.299 e. The van der Waals surface area contributed by atoms with E-state index in [1.54, 1.807) is 13.8 Å². The van der Waals surface area contributed by atoms with E-state index in [2.05, 4.69) is 64.1 Å². The summed E-state index contributed by atoms with van der Waals surface area (Å²) in [6, 6.07) is 10.9. The van der Waals surface area contributed by atoms with Gasteiger partial charge in [0, 0.05) is 22.3 Å². The molecule has 2 heteroatoms. The van der Waals surface area contributed by atoms with E-state index in [9.17, 15) is 9.59 Å². The quantitative estimate of drug-likeness (QED) is 0.550. The van der Waals surface area contributed by atoms with Gasteiger partial charge in [-0.3, -0.25) is 9.59 Å². The van der Waals surface area contributed by atoms with Gasteiger partial charge in [0.25, 0.3) is 0 Å². The molecule has 2 aromatic rings. The fraction of sp³-hybridized carbons (Fsp3) is 0.357. The summed E-state index contributed by atoms with van der Waals surface area (Å²) in [6.07, 6.45) is 5.26. The molecule has 5 rings (SSSR count). The second-order valence-electron chi connectivity index (χ2n) is 10.2. The van der Waals surface area contributed by atoms with Crippen molar-refractivity contribution in [3.05, 3.63) is 75.9 Å². The molecule has 1 atom stereocenters. The highest BCUT2D eigenvalue weighted by Crippen LogP contribution is 2.57. The van der Waals surface area contributed by atoms with Gasteiger partial charge in [0.05, 0.1) is 0 Å². The highest BCUT2D eigenvalue weighted by molar-refractivity contribution is 5.98. The van der Waals surface area contributed by atoms with E-state index in [0.717, 1.165) is 12.0 Å². The Balaban J connectivity index is 1.74. The number of hydrogen-bond donors (Lipinski definition) is 0. The summed E-state index contributed by atoms with van der Waals surface area (Å²) in [5.41, 5.74) is 10.8. The van der Waals surface area contributed by atoms with Crippen LogP contribution in [-0.2, 0) is 15.6 Å². The summed E-state index contributed by atoms with van der Waals surface area (Å²) in [6.45, 7) is 12.4. The molecular formula is C28H28O2. The maximum Gasteiger partial charge on any atom is 0.159 e. The summed E-state index contributed by atoms with van der Waals surface area (Å²) >= 11 is 0. The smallest absolute Gasteiger partial charge is 0.159 e. The first-order valence-electron chi connectivity index (χ1n) is 10.8. The molecule has 152 valence electrons. The van der Waals surface area contributed by atoms with Crippen molar-refractivity contribution in [2.24, 2.45) is 5.92 Å². The molecule has 1 unspecified atom stereocenters. The molecule has 0 spiro atoms. The van der Waals surface area contributed by atoms with Crippen molar-refractivity contribution in [2.75, 3.05) is 0 Å². The Hall–Kier alpha value is -2.74. The molecule has 0 aromatic heterocycles. The Morgan fingerprint density at radius 1 is 0.833 bits per heavy atom. The number of carbonyl (C=O) groups is 2. The van der Waals surface area contributed by atoms with E-state index >= 15 is 0 Å². The Bertz CT molecular complexity index is 1220. The third-order valence-corrected chi connectivity index (χ3v) is 7.61. The van der Waals surface area contributed by atoms with Crippen LogP contribution < -0.4 is 0 Å². The fourth-order valence-electron chi connectivity index (χ4n) is 5.68. The average Bonchev–Trinajstić information content (AvgIpc) is 3.06. The standard InChI is InChI=1S/C28H28O2/c1-15(29)17-7-9-19-21-13-26-22(14-25(21)27(3,4)23(19)11-17)20-10-8-18(16(2)30)12-24(20)28(26,5)6/h7,9-14,18H,8H2,1-6H3. The monoisotopic (exact) mass is 396 g/mol. The van der Waals surface area contributed by atoms with Gasteiger partial charge in [-0.25, -0.2) is 0 Å². The number of ketones is 2.